The van der Waals surface area contributed by atoms with Gasteiger partial charge in [0.1, 0.15) is 5.75 Å². The van der Waals surface area contributed by atoms with E-state index < -0.39 is 0 Å². The van der Waals surface area contributed by atoms with Gasteiger partial charge in [0.15, 0.2) is 0 Å². The Bertz CT molecular complexity index is 760. The average molecular weight is 409 g/mol. The van der Waals surface area contributed by atoms with Crippen LogP contribution in [-0.2, 0) is 19.6 Å². The first-order valence-corrected chi connectivity index (χ1v) is 8.23. The van der Waals surface area contributed by atoms with Crippen molar-refractivity contribution in [1.82, 2.24) is 15.1 Å². The van der Waals surface area contributed by atoms with Crippen molar-refractivity contribution in [3.8, 4) is 5.75 Å². The van der Waals surface area contributed by atoms with Gasteiger partial charge in [0.2, 0.25) is 0 Å². The van der Waals surface area contributed by atoms with E-state index in [1.807, 2.05) is 29.1 Å². The zero-order valence-electron chi connectivity index (χ0n) is 13.0. The number of hydrogen-bond acceptors (Lipinski definition) is 3. The molecule has 0 aliphatic carbocycles. The first-order valence-electron chi connectivity index (χ1n) is 7.44. The second-order valence-electron chi connectivity index (χ2n) is 5.40. The summed E-state index contributed by atoms with van der Waals surface area (Å²) in [5.41, 5.74) is 3.32. The Kier molecular flexibility index (Phi) is 6.85. The van der Waals surface area contributed by atoms with E-state index in [9.17, 15) is 5.11 Å². The first kappa shape index (κ1) is 18.5. The van der Waals surface area contributed by atoms with Crippen molar-refractivity contribution in [2.24, 2.45) is 0 Å². The predicted molar refractivity (Wildman–Crippen MR) is 101 cm³/mol. The zero-order valence-corrected chi connectivity index (χ0v) is 15.4. The Labute approximate surface area is 156 Å². The third-order valence-electron chi connectivity index (χ3n) is 3.61. The van der Waals surface area contributed by atoms with Gasteiger partial charge in [-0.2, -0.15) is 5.10 Å². The number of aromatic nitrogens is 2. The molecule has 0 amide bonds. The summed E-state index contributed by atoms with van der Waals surface area (Å²) in [6, 6.07) is 15.9. The highest BCUT2D eigenvalue weighted by Crippen LogP contribution is 2.21. The Hall–Kier alpha value is -1.82. The lowest BCUT2D eigenvalue weighted by molar-refractivity contribution is 0.464. The summed E-state index contributed by atoms with van der Waals surface area (Å²) in [6.45, 7) is 2.17. The van der Waals surface area contributed by atoms with Gasteiger partial charge in [-0.1, -0.05) is 40.2 Å². The molecule has 0 unspecified atom stereocenters. The average Bonchev–Trinajstić information content (AvgIpc) is 3.05. The number of hydrogen-bond donors (Lipinski definition) is 2. The van der Waals surface area contributed by atoms with Crippen LogP contribution in [0.2, 0.25) is 0 Å². The molecule has 0 radical (unpaired) electrons. The van der Waals surface area contributed by atoms with E-state index in [0.29, 0.717) is 12.3 Å². The number of nitrogens with one attached hydrogen (secondary N) is 1. The van der Waals surface area contributed by atoms with Gasteiger partial charge in [-0.25, -0.2) is 0 Å². The summed E-state index contributed by atoms with van der Waals surface area (Å²) >= 11 is 3.42. The van der Waals surface area contributed by atoms with Crippen molar-refractivity contribution >= 4 is 28.3 Å². The Morgan fingerprint density at radius 1 is 1.04 bits per heavy atom. The lowest BCUT2D eigenvalue weighted by Gasteiger charge is -2.08. The smallest absolute Gasteiger partial charge is 0.120 e. The fourth-order valence-electron chi connectivity index (χ4n) is 2.38. The minimum Gasteiger partial charge on any atom is -0.508 e. The van der Waals surface area contributed by atoms with Gasteiger partial charge in [-0.15, -0.1) is 12.4 Å². The van der Waals surface area contributed by atoms with Crippen LogP contribution in [0.25, 0.3) is 0 Å². The lowest BCUT2D eigenvalue weighted by atomic mass is 10.1. The molecule has 24 heavy (non-hydrogen) atoms. The number of benzene rings is 2. The topological polar surface area (TPSA) is 50.1 Å². The summed E-state index contributed by atoms with van der Waals surface area (Å²) in [4.78, 5) is 0. The molecule has 3 rings (SSSR count). The van der Waals surface area contributed by atoms with E-state index in [1.54, 1.807) is 12.3 Å². The number of halogens is 2. The maximum Gasteiger partial charge on any atom is 0.120 e. The molecule has 2 aromatic carbocycles. The van der Waals surface area contributed by atoms with Gasteiger partial charge >= 0.3 is 0 Å². The van der Waals surface area contributed by atoms with Crippen molar-refractivity contribution in [2.45, 2.75) is 19.6 Å². The fraction of sp³-hybridized carbons (Fsp3) is 0.167. The van der Waals surface area contributed by atoms with Crippen LogP contribution in [0.1, 0.15) is 16.7 Å². The van der Waals surface area contributed by atoms with Crippen LogP contribution < -0.4 is 5.32 Å². The molecule has 0 spiro atoms. The third-order valence-corrected chi connectivity index (χ3v) is 4.11. The van der Waals surface area contributed by atoms with Gasteiger partial charge in [-0.05, 0) is 35.4 Å². The Morgan fingerprint density at radius 2 is 1.79 bits per heavy atom. The number of nitrogens with zero attached hydrogens (tertiary/aromatic N) is 2. The monoisotopic (exact) mass is 407 g/mol. The number of rotatable bonds is 6. The largest absolute Gasteiger partial charge is 0.508 e. The van der Waals surface area contributed by atoms with Crippen molar-refractivity contribution in [2.75, 3.05) is 0 Å². The van der Waals surface area contributed by atoms with E-state index in [0.717, 1.165) is 23.1 Å². The molecule has 4 nitrogen and oxygen atoms in total. The molecule has 1 aromatic heterocycles. The zero-order chi connectivity index (χ0) is 16.1. The normalized spacial score (nSPS) is 10.4. The second-order valence-corrected chi connectivity index (χ2v) is 6.31. The summed E-state index contributed by atoms with van der Waals surface area (Å²) in [7, 11) is 0. The summed E-state index contributed by atoms with van der Waals surface area (Å²) in [6.07, 6.45) is 3.75. The second kappa shape index (κ2) is 8.87. The van der Waals surface area contributed by atoms with Crippen LogP contribution in [0, 0.1) is 0 Å². The van der Waals surface area contributed by atoms with Crippen molar-refractivity contribution < 1.29 is 5.11 Å². The van der Waals surface area contributed by atoms with Crippen LogP contribution in [0.5, 0.6) is 5.75 Å². The molecular formula is C18H19BrClN3O. The van der Waals surface area contributed by atoms with Crippen LogP contribution in [-0.4, -0.2) is 14.9 Å². The molecule has 126 valence electrons. The number of phenolic OH excluding ortho intramolecular Hbond substituents is 1. The molecule has 3 aromatic rings. The molecule has 0 aliphatic rings. The molecule has 1 heterocycles. The molecule has 0 saturated heterocycles. The van der Waals surface area contributed by atoms with Crippen LogP contribution >= 0.6 is 28.3 Å². The third kappa shape index (κ3) is 5.09. The first-order chi connectivity index (χ1) is 11.2. The van der Waals surface area contributed by atoms with Crippen molar-refractivity contribution in [3.05, 3.63) is 82.1 Å². The Morgan fingerprint density at radius 3 is 2.50 bits per heavy atom. The summed E-state index contributed by atoms with van der Waals surface area (Å²) in [5, 5.41) is 17.4. The molecular weight excluding hydrogens is 390 g/mol. The molecule has 0 saturated carbocycles. The fourth-order valence-corrected chi connectivity index (χ4v) is 2.79. The van der Waals surface area contributed by atoms with E-state index in [2.05, 4.69) is 50.6 Å². The molecule has 2 N–H and O–H groups in total. The van der Waals surface area contributed by atoms with Gasteiger partial charge in [0.05, 0.1) is 6.54 Å². The number of phenols is 1. The quantitative estimate of drug-likeness (QED) is 0.645. The van der Waals surface area contributed by atoms with Gasteiger partial charge in [-0.3, -0.25) is 4.68 Å². The van der Waals surface area contributed by atoms with Gasteiger partial charge in [0.25, 0.3) is 0 Å². The molecule has 0 aliphatic heterocycles. The molecule has 0 bridgehead atoms. The van der Waals surface area contributed by atoms with Crippen LogP contribution in [0.4, 0.5) is 0 Å². The number of aromatic hydroxyl groups is 1. The standard InChI is InChI=1S/C18H18BrN3O.ClH/c19-17-6-7-18(23)16(10-17)12-20-11-14-2-4-15(5-3-14)13-22-9-1-8-21-22;/h1-10,20,23H,11-13H2;1H. The van der Waals surface area contributed by atoms with Crippen LogP contribution in [0.15, 0.2) is 65.4 Å². The van der Waals surface area contributed by atoms with E-state index in [1.165, 1.54) is 11.1 Å². The highest BCUT2D eigenvalue weighted by Gasteiger charge is 2.02. The minimum absolute atomic E-state index is 0. The van der Waals surface area contributed by atoms with Gasteiger partial charge < -0.3 is 10.4 Å². The maximum atomic E-state index is 9.82. The van der Waals surface area contributed by atoms with E-state index in [-0.39, 0.29) is 12.4 Å². The van der Waals surface area contributed by atoms with E-state index >= 15 is 0 Å². The lowest BCUT2D eigenvalue weighted by Crippen LogP contribution is -2.12. The van der Waals surface area contributed by atoms with Crippen molar-refractivity contribution in [3.63, 3.8) is 0 Å². The molecule has 6 heteroatoms. The highest BCUT2D eigenvalue weighted by molar-refractivity contribution is 9.10. The summed E-state index contributed by atoms with van der Waals surface area (Å²) < 4.78 is 2.87. The van der Waals surface area contributed by atoms with Gasteiger partial charge in [0, 0.05) is 35.5 Å². The highest BCUT2D eigenvalue weighted by atomic mass is 79.9. The molecule has 0 fully saturated rings. The Balaban J connectivity index is 0.00000208. The predicted octanol–water partition coefficient (Wildman–Crippen LogP) is 4.11. The summed E-state index contributed by atoms with van der Waals surface area (Å²) in [5.74, 6) is 0.315. The van der Waals surface area contributed by atoms with Crippen molar-refractivity contribution in [1.29, 1.82) is 0 Å². The van der Waals surface area contributed by atoms with Crippen LogP contribution in [0.3, 0.4) is 0 Å². The maximum absolute atomic E-state index is 9.82. The SMILES string of the molecule is Cl.Oc1ccc(Br)cc1CNCc1ccc(Cn2cccn2)cc1. The molecule has 0 atom stereocenters. The minimum atomic E-state index is 0. The van der Waals surface area contributed by atoms with E-state index in [4.69, 9.17) is 0 Å².